The van der Waals surface area contributed by atoms with Gasteiger partial charge in [-0.05, 0) is 30.9 Å². The number of aliphatic hydroxyl groups is 1. The highest BCUT2D eigenvalue weighted by molar-refractivity contribution is 5.66. The summed E-state index contributed by atoms with van der Waals surface area (Å²) in [6, 6.07) is 6.49. The number of benzene rings is 1. The number of aliphatic hydroxyl groups excluding tert-OH is 1. The van der Waals surface area contributed by atoms with Crippen LogP contribution in [-0.2, 0) is 0 Å². The van der Waals surface area contributed by atoms with Gasteiger partial charge in [-0.1, -0.05) is 0 Å². The second-order valence-corrected chi connectivity index (χ2v) is 5.55. The molecule has 1 saturated carbocycles. The van der Waals surface area contributed by atoms with Crippen molar-refractivity contribution in [2.24, 2.45) is 11.8 Å². The molecule has 104 valence electrons. The molecule has 2 aliphatic rings. The van der Waals surface area contributed by atoms with Crippen LogP contribution in [0.3, 0.4) is 0 Å². The zero-order valence-corrected chi connectivity index (χ0v) is 10.9. The Balaban J connectivity index is 1.92. The molecule has 1 N–H and O–H groups in total. The fourth-order valence-corrected chi connectivity index (χ4v) is 3.44. The Labute approximate surface area is 116 Å². The first kappa shape index (κ1) is 12.9. The maximum Gasteiger partial charge on any atom is 0.293 e. The van der Waals surface area contributed by atoms with Gasteiger partial charge >= 0.3 is 0 Å². The van der Waals surface area contributed by atoms with Crippen LogP contribution in [-0.4, -0.2) is 29.2 Å². The summed E-state index contributed by atoms with van der Waals surface area (Å²) >= 11 is 0. The quantitative estimate of drug-likeness (QED) is 0.654. The van der Waals surface area contributed by atoms with E-state index in [-0.39, 0.29) is 17.7 Å². The van der Waals surface area contributed by atoms with Crippen LogP contribution in [0.5, 0.6) is 0 Å². The second-order valence-electron chi connectivity index (χ2n) is 5.55. The summed E-state index contributed by atoms with van der Waals surface area (Å²) in [5.74, 6) is 0.630. The maximum absolute atomic E-state index is 11.2. The third-order valence-corrected chi connectivity index (χ3v) is 4.46. The molecule has 3 rings (SSSR count). The van der Waals surface area contributed by atoms with E-state index >= 15 is 0 Å². The Morgan fingerprint density at radius 1 is 1.40 bits per heavy atom. The first-order valence-corrected chi connectivity index (χ1v) is 6.71. The minimum atomic E-state index is -0.444. The Bertz CT molecular complexity index is 596. The Morgan fingerprint density at radius 3 is 2.85 bits per heavy atom. The lowest BCUT2D eigenvalue weighted by atomic mass is 10.00. The van der Waals surface area contributed by atoms with E-state index in [0.717, 1.165) is 19.4 Å². The van der Waals surface area contributed by atoms with E-state index in [1.54, 1.807) is 12.1 Å². The van der Waals surface area contributed by atoms with E-state index in [1.165, 1.54) is 6.07 Å². The molecule has 20 heavy (non-hydrogen) atoms. The second kappa shape index (κ2) is 4.76. The largest absolute Gasteiger partial charge is 0.393 e. The molecule has 6 nitrogen and oxygen atoms in total. The van der Waals surface area contributed by atoms with Gasteiger partial charge in [0.15, 0.2) is 0 Å². The molecular formula is C14H15N3O3. The summed E-state index contributed by atoms with van der Waals surface area (Å²) < 4.78 is 0. The van der Waals surface area contributed by atoms with Crippen LogP contribution in [0.1, 0.15) is 18.4 Å². The molecule has 1 aliphatic carbocycles. The average Bonchev–Trinajstić information content (AvgIpc) is 3.00. The third-order valence-electron chi connectivity index (χ3n) is 4.46. The van der Waals surface area contributed by atoms with Gasteiger partial charge in [0.05, 0.1) is 22.7 Å². The highest BCUT2D eigenvalue weighted by Gasteiger charge is 2.43. The standard InChI is InChI=1S/C14H15N3O3/c15-6-9-1-3-12(13(5-9)17(19)20)16-7-10-2-4-14(18)11(10)8-16/h1,3,5,10-11,14,18H,2,4,7-8H2. The van der Waals surface area contributed by atoms with Gasteiger partial charge in [-0.25, -0.2) is 0 Å². The number of nitriles is 1. The fraction of sp³-hybridized carbons (Fsp3) is 0.500. The Hall–Kier alpha value is -2.13. The number of anilines is 1. The number of nitrogens with zero attached hydrogens (tertiary/aromatic N) is 3. The van der Waals surface area contributed by atoms with Crippen molar-refractivity contribution in [1.29, 1.82) is 5.26 Å². The van der Waals surface area contributed by atoms with Crippen molar-refractivity contribution in [2.75, 3.05) is 18.0 Å². The van der Waals surface area contributed by atoms with E-state index < -0.39 is 4.92 Å². The molecule has 3 atom stereocenters. The van der Waals surface area contributed by atoms with Crippen LogP contribution in [0.25, 0.3) is 0 Å². The van der Waals surface area contributed by atoms with Gasteiger partial charge in [0.2, 0.25) is 0 Å². The minimum absolute atomic E-state index is 0.0292. The maximum atomic E-state index is 11.2. The van der Waals surface area contributed by atoms with Crippen LogP contribution >= 0.6 is 0 Å². The Morgan fingerprint density at radius 2 is 2.20 bits per heavy atom. The first-order chi connectivity index (χ1) is 9.60. The number of rotatable bonds is 2. The van der Waals surface area contributed by atoms with E-state index in [9.17, 15) is 15.2 Å². The van der Waals surface area contributed by atoms with Crippen LogP contribution in [0.2, 0.25) is 0 Å². The molecule has 1 saturated heterocycles. The highest BCUT2D eigenvalue weighted by Crippen LogP contribution is 2.42. The summed E-state index contributed by atoms with van der Waals surface area (Å²) in [5.41, 5.74) is 0.814. The number of hydrogen-bond acceptors (Lipinski definition) is 5. The lowest BCUT2D eigenvalue weighted by Gasteiger charge is -2.20. The normalized spacial score (nSPS) is 28.2. The molecular weight excluding hydrogens is 258 g/mol. The van der Waals surface area contributed by atoms with Crippen molar-refractivity contribution in [3.8, 4) is 6.07 Å². The molecule has 2 fully saturated rings. The molecule has 3 unspecified atom stereocenters. The van der Waals surface area contributed by atoms with E-state index in [1.807, 2.05) is 11.0 Å². The van der Waals surface area contributed by atoms with E-state index in [0.29, 0.717) is 23.7 Å². The molecule has 6 heteroatoms. The Kier molecular flexibility index (Phi) is 3.07. The molecule has 0 aromatic heterocycles. The van der Waals surface area contributed by atoms with Crippen molar-refractivity contribution in [1.82, 2.24) is 0 Å². The van der Waals surface area contributed by atoms with Gasteiger partial charge in [-0.2, -0.15) is 5.26 Å². The third kappa shape index (κ3) is 2.00. The molecule has 1 aliphatic heterocycles. The number of fused-ring (bicyclic) bond motifs is 1. The summed E-state index contributed by atoms with van der Waals surface area (Å²) in [6.45, 7) is 1.40. The zero-order chi connectivity index (χ0) is 14.3. The molecule has 0 spiro atoms. The molecule has 1 aromatic carbocycles. The van der Waals surface area contributed by atoms with Crippen molar-refractivity contribution in [3.63, 3.8) is 0 Å². The number of hydrogen-bond donors (Lipinski definition) is 1. The summed E-state index contributed by atoms with van der Waals surface area (Å²) in [6.07, 6.45) is 1.52. The van der Waals surface area contributed by atoms with Gasteiger partial charge < -0.3 is 10.0 Å². The van der Waals surface area contributed by atoms with Crippen molar-refractivity contribution >= 4 is 11.4 Å². The summed E-state index contributed by atoms with van der Waals surface area (Å²) in [4.78, 5) is 12.7. The molecule has 1 heterocycles. The smallest absolute Gasteiger partial charge is 0.293 e. The predicted octanol–water partition coefficient (Wildman–Crippen LogP) is 1.67. The van der Waals surface area contributed by atoms with Crippen LogP contribution < -0.4 is 4.90 Å². The molecule has 0 amide bonds. The lowest BCUT2D eigenvalue weighted by Crippen LogP contribution is -2.25. The fourth-order valence-electron chi connectivity index (χ4n) is 3.44. The average molecular weight is 273 g/mol. The van der Waals surface area contributed by atoms with E-state index in [4.69, 9.17) is 5.26 Å². The molecule has 1 aromatic rings. The van der Waals surface area contributed by atoms with Crippen LogP contribution in [0, 0.1) is 33.3 Å². The lowest BCUT2D eigenvalue weighted by molar-refractivity contribution is -0.384. The topological polar surface area (TPSA) is 90.4 Å². The van der Waals surface area contributed by atoms with Crippen molar-refractivity contribution < 1.29 is 10.0 Å². The number of nitro benzene ring substituents is 1. The van der Waals surface area contributed by atoms with Gasteiger partial charge in [-0.3, -0.25) is 10.1 Å². The first-order valence-electron chi connectivity index (χ1n) is 6.71. The summed E-state index contributed by atoms with van der Waals surface area (Å²) in [7, 11) is 0. The minimum Gasteiger partial charge on any atom is -0.393 e. The van der Waals surface area contributed by atoms with Crippen LogP contribution in [0.4, 0.5) is 11.4 Å². The van der Waals surface area contributed by atoms with Gasteiger partial charge in [0.1, 0.15) is 5.69 Å². The van der Waals surface area contributed by atoms with E-state index in [2.05, 4.69) is 0 Å². The van der Waals surface area contributed by atoms with Gasteiger partial charge in [-0.15, -0.1) is 0 Å². The monoisotopic (exact) mass is 273 g/mol. The summed E-state index contributed by atoms with van der Waals surface area (Å²) in [5, 5.41) is 29.9. The predicted molar refractivity (Wildman–Crippen MR) is 72.2 cm³/mol. The van der Waals surface area contributed by atoms with Crippen molar-refractivity contribution in [2.45, 2.75) is 18.9 Å². The van der Waals surface area contributed by atoms with Gasteiger partial charge in [0, 0.05) is 25.1 Å². The van der Waals surface area contributed by atoms with Gasteiger partial charge in [0.25, 0.3) is 5.69 Å². The zero-order valence-electron chi connectivity index (χ0n) is 10.9. The molecule has 0 bridgehead atoms. The highest BCUT2D eigenvalue weighted by atomic mass is 16.6. The molecule has 0 radical (unpaired) electrons. The van der Waals surface area contributed by atoms with Crippen LogP contribution in [0.15, 0.2) is 18.2 Å². The SMILES string of the molecule is N#Cc1ccc(N2CC3CCC(O)C3C2)c([N+](=O)[O-])c1. The van der Waals surface area contributed by atoms with Crippen molar-refractivity contribution in [3.05, 3.63) is 33.9 Å². The number of nitro groups is 1.